The van der Waals surface area contributed by atoms with Crippen molar-refractivity contribution in [3.63, 3.8) is 0 Å². The normalized spacial score (nSPS) is 13.0. The lowest BCUT2D eigenvalue weighted by atomic mass is 9.78. The molecular formula is C42H66O6. The number of aryl methyl sites for hydroxylation is 2. The molecule has 270 valence electrons. The van der Waals surface area contributed by atoms with E-state index in [0.717, 1.165) is 46.2 Å². The van der Waals surface area contributed by atoms with Gasteiger partial charge in [-0.25, -0.2) is 0 Å². The highest BCUT2D eigenvalue weighted by atomic mass is 16.7. The SMILES string of the molecule is CCCCC(CCC)(OC(=O)CCc1cc(C(C)(C)C)c(O)c(C(C)(C)C)c1)OC(=O)CCc1cc(C(C)(C)C)c(O)c(C(C)(C)C)c1. The summed E-state index contributed by atoms with van der Waals surface area (Å²) in [5.41, 5.74) is 4.27. The summed E-state index contributed by atoms with van der Waals surface area (Å²) >= 11 is 0. The number of esters is 2. The Hall–Kier alpha value is -3.02. The number of aromatic hydroxyl groups is 2. The van der Waals surface area contributed by atoms with Crippen molar-refractivity contribution < 1.29 is 29.3 Å². The van der Waals surface area contributed by atoms with Gasteiger partial charge in [-0.3, -0.25) is 9.59 Å². The highest BCUT2D eigenvalue weighted by Gasteiger charge is 2.37. The van der Waals surface area contributed by atoms with Crippen LogP contribution in [-0.4, -0.2) is 27.9 Å². The van der Waals surface area contributed by atoms with Crippen LogP contribution in [0.4, 0.5) is 0 Å². The monoisotopic (exact) mass is 666 g/mol. The van der Waals surface area contributed by atoms with Gasteiger partial charge in [-0.05, 0) is 80.7 Å². The molecule has 0 unspecified atom stereocenters. The van der Waals surface area contributed by atoms with Gasteiger partial charge >= 0.3 is 11.9 Å². The lowest BCUT2D eigenvalue weighted by Crippen LogP contribution is -2.40. The molecule has 2 aromatic carbocycles. The Morgan fingerprint density at radius 2 is 0.854 bits per heavy atom. The average molecular weight is 667 g/mol. The van der Waals surface area contributed by atoms with Gasteiger partial charge < -0.3 is 19.7 Å². The summed E-state index contributed by atoms with van der Waals surface area (Å²) in [5.74, 6) is -1.50. The zero-order valence-corrected chi connectivity index (χ0v) is 32.7. The minimum atomic E-state index is -1.32. The Morgan fingerprint density at radius 1 is 0.542 bits per heavy atom. The van der Waals surface area contributed by atoms with E-state index in [1.807, 2.05) is 31.2 Å². The van der Waals surface area contributed by atoms with Crippen molar-refractivity contribution >= 4 is 11.9 Å². The first-order valence-electron chi connectivity index (χ1n) is 18.0. The Balaban J connectivity index is 2.31. The summed E-state index contributed by atoms with van der Waals surface area (Å²) in [6, 6.07) is 7.98. The number of phenolic OH excluding ortho intramolecular Hbond substituents is 2. The number of carbonyl (C=O) groups excluding carboxylic acids is 2. The van der Waals surface area contributed by atoms with Gasteiger partial charge in [0.1, 0.15) is 11.5 Å². The van der Waals surface area contributed by atoms with Gasteiger partial charge in [0.15, 0.2) is 0 Å². The van der Waals surface area contributed by atoms with Gasteiger partial charge in [0.05, 0.1) is 0 Å². The zero-order chi connectivity index (χ0) is 36.9. The lowest BCUT2D eigenvalue weighted by molar-refractivity contribution is -0.234. The van der Waals surface area contributed by atoms with Gasteiger partial charge in [0, 0.05) is 25.7 Å². The molecule has 0 amide bonds. The summed E-state index contributed by atoms with van der Waals surface area (Å²) in [4.78, 5) is 26.9. The minimum Gasteiger partial charge on any atom is -0.507 e. The van der Waals surface area contributed by atoms with Crippen LogP contribution in [0, 0.1) is 0 Å². The Morgan fingerprint density at radius 3 is 1.10 bits per heavy atom. The number of carbonyl (C=O) groups is 2. The second kappa shape index (κ2) is 15.7. The van der Waals surface area contributed by atoms with Crippen LogP contribution in [0.3, 0.4) is 0 Å². The predicted octanol–water partition coefficient (Wildman–Crippen LogP) is 10.6. The van der Waals surface area contributed by atoms with Crippen LogP contribution in [0.1, 0.15) is 175 Å². The summed E-state index contributed by atoms with van der Waals surface area (Å²) in [6.07, 6.45) is 4.34. The molecule has 0 aliphatic carbocycles. The largest absolute Gasteiger partial charge is 0.507 e. The first kappa shape index (κ1) is 41.2. The molecule has 2 N–H and O–H groups in total. The maximum absolute atomic E-state index is 13.5. The van der Waals surface area contributed by atoms with E-state index in [4.69, 9.17) is 9.47 Å². The number of hydrogen-bond donors (Lipinski definition) is 2. The molecule has 0 heterocycles. The van der Waals surface area contributed by atoms with Crippen molar-refractivity contribution in [1.82, 2.24) is 0 Å². The molecule has 6 nitrogen and oxygen atoms in total. The third kappa shape index (κ3) is 11.3. The van der Waals surface area contributed by atoms with Crippen molar-refractivity contribution in [1.29, 1.82) is 0 Å². The molecule has 48 heavy (non-hydrogen) atoms. The molecule has 2 rings (SSSR count). The van der Waals surface area contributed by atoms with Crippen LogP contribution in [-0.2, 0) is 53.6 Å². The van der Waals surface area contributed by atoms with E-state index < -0.39 is 17.7 Å². The number of unbranched alkanes of at least 4 members (excludes halogenated alkanes) is 1. The van der Waals surface area contributed by atoms with E-state index in [0.29, 0.717) is 43.6 Å². The highest BCUT2D eigenvalue weighted by molar-refractivity contribution is 5.72. The zero-order valence-electron chi connectivity index (χ0n) is 32.7. The van der Waals surface area contributed by atoms with E-state index in [-0.39, 0.29) is 34.5 Å². The average Bonchev–Trinajstić information content (AvgIpc) is 2.92. The molecule has 0 saturated carbocycles. The van der Waals surface area contributed by atoms with E-state index >= 15 is 0 Å². The van der Waals surface area contributed by atoms with E-state index in [1.165, 1.54) is 0 Å². The molecule has 0 fully saturated rings. The Bertz CT molecular complexity index is 1240. The molecule has 0 aliphatic rings. The minimum absolute atomic E-state index is 0.131. The van der Waals surface area contributed by atoms with Crippen molar-refractivity contribution in [3.8, 4) is 11.5 Å². The summed E-state index contributed by atoms with van der Waals surface area (Å²) in [5, 5.41) is 22.2. The number of hydrogen-bond acceptors (Lipinski definition) is 6. The fourth-order valence-electron chi connectivity index (χ4n) is 6.15. The molecule has 0 aliphatic heterocycles. The standard InChI is InChI=1S/C42H66O6/c1-15-17-23-42(22-16-2,47-34(43)20-18-28-24-30(38(3,4)5)36(45)31(25-28)39(6,7)8)48-35(44)21-19-29-26-32(40(9,10)11)37(46)33(27-29)41(12,13)14/h24-27,45-46H,15-23H2,1-14H3. The van der Waals surface area contributed by atoms with Gasteiger partial charge in [-0.1, -0.05) is 128 Å². The van der Waals surface area contributed by atoms with Gasteiger partial charge in [-0.2, -0.15) is 0 Å². The molecular weight excluding hydrogens is 600 g/mol. The molecule has 0 aromatic heterocycles. The molecule has 6 heteroatoms. The van der Waals surface area contributed by atoms with Crippen LogP contribution in [0.25, 0.3) is 0 Å². The molecule has 0 radical (unpaired) electrons. The third-order valence-corrected chi connectivity index (χ3v) is 8.95. The second-order valence-corrected chi connectivity index (χ2v) is 17.8. The van der Waals surface area contributed by atoms with Gasteiger partial charge in [0.25, 0.3) is 5.79 Å². The predicted molar refractivity (Wildman–Crippen MR) is 197 cm³/mol. The molecule has 0 atom stereocenters. The van der Waals surface area contributed by atoms with Crippen LogP contribution in [0.2, 0.25) is 0 Å². The van der Waals surface area contributed by atoms with Crippen molar-refractivity contribution in [2.75, 3.05) is 0 Å². The Labute approximate surface area is 292 Å². The quantitative estimate of drug-likeness (QED) is 0.163. The van der Waals surface area contributed by atoms with Crippen LogP contribution < -0.4 is 0 Å². The van der Waals surface area contributed by atoms with Gasteiger partial charge in [-0.15, -0.1) is 0 Å². The maximum atomic E-state index is 13.5. The summed E-state index contributed by atoms with van der Waals surface area (Å²) in [6.45, 7) is 28.9. The van der Waals surface area contributed by atoms with Crippen molar-refractivity contribution in [2.24, 2.45) is 0 Å². The van der Waals surface area contributed by atoms with Crippen LogP contribution >= 0.6 is 0 Å². The molecule has 2 aromatic rings. The van der Waals surface area contributed by atoms with E-state index in [2.05, 4.69) is 90.0 Å². The lowest BCUT2D eigenvalue weighted by Gasteiger charge is -2.33. The maximum Gasteiger partial charge on any atom is 0.309 e. The number of rotatable bonds is 13. The van der Waals surface area contributed by atoms with E-state index in [1.54, 1.807) is 0 Å². The number of phenols is 2. The topological polar surface area (TPSA) is 93.1 Å². The number of ether oxygens (including phenoxy) is 2. The molecule has 0 spiro atoms. The smallest absolute Gasteiger partial charge is 0.309 e. The summed E-state index contributed by atoms with van der Waals surface area (Å²) in [7, 11) is 0. The molecule has 0 saturated heterocycles. The first-order valence-corrected chi connectivity index (χ1v) is 18.0. The highest BCUT2D eigenvalue weighted by Crippen LogP contribution is 2.41. The third-order valence-electron chi connectivity index (χ3n) is 8.95. The Kier molecular flexibility index (Phi) is 13.4. The summed E-state index contributed by atoms with van der Waals surface area (Å²) < 4.78 is 12.2. The first-order chi connectivity index (χ1) is 21.8. The van der Waals surface area contributed by atoms with Crippen LogP contribution in [0.5, 0.6) is 11.5 Å². The second-order valence-electron chi connectivity index (χ2n) is 17.8. The van der Waals surface area contributed by atoms with Crippen LogP contribution in [0.15, 0.2) is 24.3 Å². The molecule has 0 bridgehead atoms. The van der Waals surface area contributed by atoms with Crippen molar-refractivity contribution in [3.05, 3.63) is 57.6 Å². The van der Waals surface area contributed by atoms with E-state index in [9.17, 15) is 19.8 Å². The fourth-order valence-corrected chi connectivity index (χ4v) is 6.15. The van der Waals surface area contributed by atoms with Crippen molar-refractivity contribution in [2.45, 2.75) is 182 Å². The van der Waals surface area contributed by atoms with Gasteiger partial charge in [0.2, 0.25) is 0 Å². The number of benzene rings is 2. The fraction of sp³-hybridized carbons (Fsp3) is 0.667.